The normalized spacial score (nSPS) is 19.5. The van der Waals surface area contributed by atoms with Crippen LogP contribution in [0.1, 0.15) is 35.8 Å². The average molecular weight is 506 g/mol. The fraction of sp³-hybridized carbons (Fsp3) is 0.259. The zero-order valence-electron chi connectivity index (χ0n) is 19.6. The van der Waals surface area contributed by atoms with Crippen molar-refractivity contribution in [2.24, 2.45) is 11.0 Å². The lowest BCUT2D eigenvalue weighted by Crippen LogP contribution is -2.33. The molecule has 5 rings (SSSR count). The van der Waals surface area contributed by atoms with Crippen LogP contribution in [0.5, 0.6) is 0 Å². The first-order valence-electron chi connectivity index (χ1n) is 11.6. The molecule has 1 saturated heterocycles. The Morgan fingerprint density at radius 3 is 2.53 bits per heavy atom. The quantitative estimate of drug-likeness (QED) is 0.459. The lowest BCUT2D eigenvalue weighted by molar-refractivity contribution is -0.156. The zero-order chi connectivity index (χ0) is 25.2. The summed E-state index contributed by atoms with van der Waals surface area (Å²) in [7, 11) is 0. The van der Waals surface area contributed by atoms with Crippen molar-refractivity contribution in [3.05, 3.63) is 88.8 Å². The first-order valence-corrected chi connectivity index (χ1v) is 12.0. The molecule has 3 aromatic rings. The Morgan fingerprint density at radius 2 is 1.83 bits per heavy atom. The molecular weight excluding hydrogens is 482 g/mol. The topological polar surface area (TPSA) is 92.4 Å². The minimum atomic E-state index is -0.640. The van der Waals surface area contributed by atoms with Crippen LogP contribution in [0.3, 0.4) is 0 Å². The number of esters is 1. The van der Waals surface area contributed by atoms with Crippen LogP contribution in [0.4, 0.5) is 5.69 Å². The molecule has 2 aliphatic heterocycles. The smallest absolute Gasteiger partial charge is 0.311 e. The van der Waals surface area contributed by atoms with Crippen LogP contribution in [0.25, 0.3) is 0 Å². The summed E-state index contributed by atoms with van der Waals surface area (Å²) >= 11 is 6.00. The van der Waals surface area contributed by atoms with E-state index in [4.69, 9.17) is 20.8 Å². The highest BCUT2D eigenvalue weighted by molar-refractivity contribution is 6.30. The van der Waals surface area contributed by atoms with Crippen LogP contribution >= 0.6 is 11.6 Å². The second-order valence-electron chi connectivity index (χ2n) is 8.88. The van der Waals surface area contributed by atoms with E-state index in [1.54, 1.807) is 29.2 Å². The number of hydrogen-bond donors (Lipinski definition) is 0. The van der Waals surface area contributed by atoms with Crippen molar-refractivity contribution in [1.82, 2.24) is 5.01 Å². The molecule has 0 saturated carbocycles. The molecule has 1 fully saturated rings. The molecule has 0 N–H and O–H groups in total. The van der Waals surface area contributed by atoms with Gasteiger partial charge >= 0.3 is 5.97 Å². The average Bonchev–Trinajstić information content (AvgIpc) is 3.63. The van der Waals surface area contributed by atoms with E-state index in [-0.39, 0.29) is 18.9 Å². The Balaban J connectivity index is 1.25. The maximum Gasteiger partial charge on any atom is 0.311 e. The Bertz CT molecular complexity index is 1300. The van der Waals surface area contributed by atoms with E-state index in [9.17, 15) is 14.4 Å². The minimum Gasteiger partial charge on any atom is -0.467 e. The number of hydrogen-bond acceptors (Lipinski definition) is 6. The van der Waals surface area contributed by atoms with Gasteiger partial charge in [0.05, 0.1) is 17.9 Å². The molecule has 2 amide bonds. The van der Waals surface area contributed by atoms with Gasteiger partial charge in [-0.25, -0.2) is 5.01 Å². The molecule has 8 nitrogen and oxygen atoms in total. The molecule has 0 spiro atoms. The number of carbonyl (C=O) groups excluding carboxylic acids is 3. The van der Waals surface area contributed by atoms with E-state index in [1.807, 2.05) is 43.3 Å². The lowest BCUT2D eigenvalue weighted by Gasteiger charge is -2.20. The maximum absolute atomic E-state index is 13.1. The molecule has 1 aromatic heterocycles. The summed E-state index contributed by atoms with van der Waals surface area (Å²) in [6.07, 6.45) is 2.02. The molecule has 0 radical (unpaired) electrons. The molecule has 9 heteroatoms. The van der Waals surface area contributed by atoms with E-state index in [2.05, 4.69) is 5.10 Å². The number of halogens is 1. The highest BCUT2D eigenvalue weighted by atomic mass is 35.5. The van der Waals surface area contributed by atoms with Crippen LogP contribution in [0, 0.1) is 12.8 Å². The van der Waals surface area contributed by atoms with Gasteiger partial charge in [-0.3, -0.25) is 14.4 Å². The van der Waals surface area contributed by atoms with Gasteiger partial charge in [0.1, 0.15) is 11.8 Å². The first kappa shape index (κ1) is 23.8. The second-order valence-corrected chi connectivity index (χ2v) is 9.31. The fourth-order valence-electron chi connectivity index (χ4n) is 4.42. The largest absolute Gasteiger partial charge is 0.467 e. The maximum atomic E-state index is 13.1. The summed E-state index contributed by atoms with van der Waals surface area (Å²) < 4.78 is 10.9. The van der Waals surface area contributed by atoms with Crippen LogP contribution < -0.4 is 4.90 Å². The molecule has 2 atom stereocenters. The Kier molecular flexibility index (Phi) is 6.61. The van der Waals surface area contributed by atoms with Crippen molar-refractivity contribution in [1.29, 1.82) is 0 Å². The standard InChI is InChI=1S/C27H24ClN3O5/c1-17-4-10-21(11-5-17)30-15-19(13-25(30)32)27(34)36-16-26(33)31-23(24-3-2-12-35-24)14-22(29-31)18-6-8-20(28)9-7-18/h2-12,19,23H,13-16H2,1H3/t19-,23-/m0/s1. The summed E-state index contributed by atoms with van der Waals surface area (Å²) in [6, 6.07) is 17.8. The number of anilines is 1. The molecule has 0 aliphatic carbocycles. The van der Waals surface area contributed by atoms with Gasteiger partial charge in [0.15, 0.2) is 6.61 Å². The third-order valence-electron chi connectivity index (χ3n) is 6.36. The van der Waals surface area contributed by atoms with Gasteiger partial charge in [0.25, 0.3) is 5.91 Å². The number of benzene rings is 2. The van der Waals surface area contributed by atoms with Crippen LogP contribution in [-0.2, 0) is 19.1 Å². The Morgan fingerprint density at radius 1 is 1.08 bits per heavy atom. The first-order chi connectivity index (χ1) is 17.4. The Hall–Kier alpha value is -3.91. The van der Waals surface area contributed by atoms with Gasteiger partial charge in [0.2, 0.25) is 5.91 Å². The third kappa shape index (κ3) is 4.90. The minimum absolute atomic E-state index is 0.0402. The number of amides is 2. The Labute approximate surface area is 213 Å². The zero-order valence-corrected chi connectivity index (χ0v) is 20.4. The fourth-order valence-corrected chi connectivity index (χ4v) is 4.54. The van der Waals surface area contributed by atoms with Crippen LogP contribution in [-0.4, -0.2) is 41.7 Å². The number of aryl methyl sites for hydroxylation is 1. The number of furan rings is 1. The van der Waals surface area contributed by atoms with E-state index in [0.29, 0.717) is 22.9 Å². The molecule has 0 unspecified atom stereocenters. The molecule has 2 aromatic carbocycles. The van der Waals surface area contributed by atoms with Gasteiger partial charge < -0.3 is 14.1 Å². The summed E-state index contributed by atoms with van der Waals surface area (Å²) in [5.41, 5.74) is 3.35. The molecule has 3 heterocycles. The molecule has 2 aliphatic rings. The van der Waals surface area contributed by atoms with Crippen molar-refractivity contribution in [3.8, 4) is 0 Å². The molecular formula is C27H24ClN3O5. The van der Waals surface area contributed by atoms with Crippen LogP contribution in [0.15, 0.2) is 76.4 Å². The van der Waals surface area contributed by atoms with Crippen molar-refractivity contribution < 1.29 is 23.5 Å². The van der Waals surface area contributed by atoms with E-state index >= 15 is 0 Å². The number of nitrogens with zero attached hydrogens (tertiary/aromatic N) is 3. The van der Waals surface area contributed by atoms with Gasteiger partial charge in [0, 0.05) is 30.1 Å². The van der Waals surface area contributed by atoms with E-state index in [0.717, 1.165) is 16.8 Å². The predicted molar refractivity (Wildman–Crippen MR) is 133 cm³/mol. The number of rotatable bonds is 6. The number of carbonyl (C=O) groups is 3. The summed E-state index contributed by atoms with van der Waals surface area (Å²) in [4.78, 5) is 39.9. The summed E-state index contributed by atoms with van der Waals surface area (Å²) in [6.45, 7) is 1.70. The van der Waals surface area contributed by atoms with Gasteiger partial charge in [-0.05, 0) is 48.9 Å². The van der Waals surface area contributed by atoms with Crippen molar-refractivity contribution in [3.63, 3.8) is 0 Å². The number of hydrazone groups is 1. The van der Waals surface area contributed by atoms with Gasteiger partial charge in [-0.15, -0.1) is 0 Å². The summed E-state index contributed by atoms with van der Waals surface area (Å²) in [5.74, 6) is -1.27. The van der Waals surface area contributed by atoms with E-state index in [1.165, 1.54) is 11.3 Å². The van der Waals surface area contributed by atoms with Crippen LogP contribution in [0.2, 0.25) is 5.02 Å². The second kappa shape index (κ2) is 9.99. The molecule has 0 bridgehead atoms. The highest BCUT2D eigenvalue weighted by Crippen LogP contribution is 2.33. The monoisotopic (exact) mass is 505 g/mol. The van der Waals surface area contributed by atoms with E-state index < -0.39 is 30.4 Å². The van der Waals surface area contributed by atoms with Crippen molar-refractivity contribution >= 4 is 40.8 Å². The molecule has 36 heavy (non-hydrogen) atoms. The number of ether oxygens (including phenoxy) is 1. The highest BCUT2D eigenvalue weighted by Gasteiger charge is 2.38. The van der Waals surface area contributed by atoms with Crippen molar-refractivity contribution in [2.75, 3.05) is 18.1 Å². The molecule has 184 valence electrons. The van der Waals surface area contributed by atoms with Gasteiger partial charge in [-0.1, -0.05) is 41.4 Å². The predicted octanol–water partition coefficient (Wildman–Crippen LogP) is 4.52. The SMILES string of the molecule is Cc1ccc(N2C[C@@H](C(=O)OCC(=O)N3N=C(c4ccc(Cl)cc4)C[C@H]3c3ccco3)CC2=O)cc1. The lowest BCUT2D eigenvalue weighted by atomic mass is 10.0. The third-order valence-corrected chi connectivity index (χ3v) is 6.61. The van der Waals surface area contributed by atoms with Gasteiger partial charge in [-0.2, -0.15) is 5.10 Å². The summed E-state index contributed by atoms with van der Waals surface area (Å²) in [5, 5.41) is 6.42. The van der Waals surface area contributed by atoms with Crippen molar-refractivity contribution in [2.45, 2.75) is 25.8 Å².